The molecule has 0 radical (unpaired) electrons. The van der Waals surface area contributed by atoms with Crippen LogP contribution in [0.5, 0.6) is 0 Å². The highest BCUT2D eigenvalue weighted by atomic mass is 15.2. The summed E-state index contributed by atoms with van der Waals surface area (Å²) >= 11 is 0. The molecule has 1 saturated heterocycles. The van der Waals surface area contributed by atoms with Gasteiger partial charge in [-0.05, 0) is 39.1 Å². The number of nitrogens with two attached hydrogens (primary N) is 1. The first-order valence-corrected chi connectivity index (χ1v) is 6.74. The molecule has 1 aliphatic rings. The van der Waals surface area contributed by atoms with E-state index in [1.807, 2.05) is 6.20 Å². The molecule has 2 heterocycles. The van der Waals surface area contributed by atoms with Crippen molar-refractivity contribution in [2.45, 2.75) is 31.8 Å². The number of nitrogens with zero attached hydrogens (tertiary/aromatic N) is 3. The van der Waals surface area contributed by atoms with Gasteiger partial charge < -0.3 is 15.5 Å². The molecular weight excluding hydrogens is 224 g/mol. The Morgan fingerprint density at radius 2 is 2.28 bits per heavy atom. The lowest BCUT2D eigenvalue weighted by Gasteiger charge is -2.22. The highest BCUT2D eigenvalue weighted by molar-refractivity contribution is 5.46. The van der Waals surface area contributed by atoms with Crippen LogP contribution in [0.4, 0.5) is 5.69 Å². The van der Waals surface area contributed by atoms with Crippen LogP contribution in [0.1, 0.15) is 31.5 Å². The molecule has 2 atom stereocenters. The van der Waals surface area contributed by atoms with Crippen molar-refractivity contribution in [1.29, 1.82) is 0 Å². The fraction of sp³-hybridized carbons (Fsp3) is 0.643. The Bertz CT molecular complexity index is 374. The predicted molar refractivity (Wildman–Crippen MR) is 75.8 cm³/mol. The van der Waals surface area contributed by atoms with E-state index in [4.69, 9.17) is 5.73 Å². The number of rotatable bonds is 4. The largest absolute Gasteiger partial charge is 0.369 e. The minimum Gasteiger partial charge on any atom is -0.369 e. The summed E-state index contributed by atoms with van der Waals surface area (Å²) in [6.45, 7) is 4.29. The van der Waals surface area contributed by atoms with Gasteiger partial charge >= 0.3 is 0 Å². The maximum Gasteiger partial charge on any atom is 0.0572 e. The normalized spacial score (nSPS) is 21.6. The molecule has 2 rings (SSSR count). The van der Waals surface area contributed by atoms with Crippen LogP contribution in [0.3, 0.4) is 0 Å². The summed E-state index contributed by atoms with van der Waals surface area (Å²) in [7, 11) is 4.30. The Morgan fingerprint density at radius 1 is 1.50 bits per heavy atom. The number of pyridine rings is 1. The van der Waals surface area contributed by atoms with Crippen molar-refractivity contribution in [1.82, 2.24) is 9.88 Å². The second kappa shape index (κ2) is 5.67. The third-order valence-electron chi connectivity index (χ3n) is 3.85. The van der Waals surface area contributed by atoms with E-state index in [0.29, 0.717) is 6.04 Å². The van der Waals surface area contributed by atoms with Gasteiger partial charge in [0, 0.05) is 25.2 Å². The van der Waals surface area contributed by atoms with Gasteiger partial charge in [0.05, 0.1) is 17.6 Å². The highest BCUT2D eigenvalue weighted by Crippen LogP contribution is 2.22. The second-order valence-electron chi connectivity index (χ2n) is 5.31. The van der Waals surface area contributed by atoms with Gasteiger partial charge in [0.25, 0.3) is 0 Å². The predicted octanol–water partition coefficient (Wildman–Crippen LogP) is 1.63. The minimum absolute atomic E-state index is 0.0622. The molecule has 1 aliphatic heterocycles. The Kier molecular flexibility index (Phi) is 4.19. The van der Waals surface area contributed by atoms with Gasteiger partial charge in [-0.1, -0.05) is 6.92 Å². The lowest BCUT2D eigenvalue weighted by atomic mass is 10.1. The molecule has 2 unspecified atom stereocenters. The smallest absolute Gasteiger partial charge is 0.0572 e. The molecule has 4 nitrogen and oxygen atoms in total. The average molecular weight is 248 g/mol. The van der Waals surface area contributed by atoms with Gasteiger partial charge in [-0.2, -0.15) is 0 Å². The van der Waals surface area contributed by atoms with E-state index < -0.39 is 0 Å². The van der Waals surface area contributed by atoms with Gasteiger partial charge in [-0.3, -0.25) is 4.98 Å². The fourth-order valence-electron chi connectivity index (χ4n) is 2.41. The van der Waals surface area contributed by atoms with E-state index in [1.165, 1.54) is 12.1 Å². The van der Waals surface area contributed by atoms with Gasteiger partial charge in [-0.25, -0.2) is 0 Å². The Labute approximate surface area is 110 Å². The molecule has 1 fully saturated rings. The molecule has 0 saturated carbocycles. The standard InChI is InChI=1S/C14H24N4/c1-4-13(15)14-6-5-11(9-16-14)18-8-7-12(10-18)17(2)3/h5-6,9,12-13H,4,7-8,10,15H2,1-3H3. The van der Waals surface area contributed by atoms with Crippen LogP contribution >= 0.6 is 0 Å². The van der Waals surface area contributed by atoms with Gasteiger partial charge in [0.2, 0.25) is 0 Å². The van der Waals surface area contributed by atoms with Crippen molar-refractivity contribution in [2.24, 2.45) is 5.73 Å². The van der Waals surface area contributed by atoms with E-state index in [-0.39, 0.29) is 6.04 Å². The number of hydrogen-bond acceptors (Lipinski definition) is 4. The number of likely N-dealkylation sites (N-methyl/N-ethyl adjacent to an activating group) is 1. The summed E-state index contributed by atoms with van der Waals surface area (Å²) in [6.07, 6.45) is 4.12. The number of anilines is 1. The summed E-state index contributed by atoms with van der Waals surface area (Å²) in [4.78, 5) is 9.19. The van der Waals surface area contributed by atoms with Gasteiger partial charge in [-0.15, -0.1) is 0 Å². The Hall–Kier alpha value is -1.13. The molecule has 2 N–H and O–H groups in total. The molecule has 0 aromatic carbocycles. The summed E-state index contributed by atoms with van der Waals surface area (Å²) in [5.41, 5.74) is 8.18. The highest BCUT2D eigenvalue weighted by Gasteiger charge is 2.24. The third-order valence-corrected chi connectivity index (χ3v) is 3.85. The van der Waals surface area contributed by atoms with E-state index in [0.717, 1.165) is 25.2 Å². The molecular formula is C14H24N4. The average Bonchev–Trinajstić information content (AvgIpc) is 2.88. The molecule has 1 aromatic heterocycles. The van der Waals surface area contributed by atoms with Crippen LogP contribution in [-0.4, -0.2) is 43.1 Å². The zero-order valence-electron chi connectivity index (χ0n) is 11.6. The number of aromatic nitrogens is 1. The van der Waals surface area contributed by atoms with Crippen LogP contribution in [0.25, 0.3) is 0 Å². The first-order chi connectivity index (χ1) is 8.61. The molecule has 100 valence electrons. The van der Waals surface area contributed by atoms with E-state index in [9.17, 15) is 0 Å². The maximum atomic E-state index is 5.98. The van der Waals surface area contributed by atoms with Gasteiger partial charge in [0.1, 0.15) is 0 Å². The SMILES string of the molecule is CCC(N)c1ccc(N2CCC(N(C)C)C2)cn1. The van der Waals surface area contributed by atoms with Crippen LogP contribution in [0.15, 0.2) is 18.3 Å². The Balaban J connectivity index is 2.02. The van der Waals surface area contributed by atoms with Crippen LogP contribution in [0.2, 0.25) is 0 Å². The lowest BCUT2D eigenvalue weighted by Crippen LogP contribution is -2.31. The summed E-state index contributed by atoms with van der Waals surface area (Å²) in [5, 5.41) is 0. The maximum absolute atomic E-state index is 5.98. The van der Waals surface area contributed by atoms with Crippen LogP contribution in [0, 0.1) is 0 Å². The first-order valence-electron chi connectivity index (χ1n) is 6.74. The van der Waals surface area contributed by atoms with Crippen LogP contribution < -0.4 is 10.6 Å². The summed E-state index contributed by atoms with van der Waals surface area (Å²) in [5.74, 6) is 0. The van der Waals surface area contributed by atoms with Crippen LogP contribution in [-0.2, 0) is 0 Å². The van der Waals surface area contributed by atoms with Crippen molar-refractivity contribution >= 4 is 5.69 Å². The molecule has 0 aliphatic carbocycles. The van der Waals surface area contributed by atoms with E-state index >= 15 is 0 Å². The second-order valence-corrected chi connectivity index (χ2v) is 5.31. The zero-order chi connectivity index (χ0) is 13.1. The van der Waals surface area contributed by atoms with Crippen molar-refractivity contribution in [3.05, 3.63) is 24.0 Å². The zero-order valence-corrected chi connectivity index (χ0v) is 11.6. The third kappa shape index (κ3) is 2.82. The van der Waals surface area contributed by atoms with Crippen molar-refractivity contribution in [2.75, 3.05) is 32.1 Å². The quantitative estimate of drug-likeness (QED) is 0.879. The molecule has 0 bridgehead atoms. The lowest BCUT2D eigenvalue weighted by molar-refractivity contribution is 0.315. The monoisotopic (exact) mass is 248 g/mol. The number of hydrogen-bond donors (Lipinski definition) is 1. The van der Waals surface area contributed by atoms with E-state index in [1.54, 1.807) is 0 Å². The fourth-order valence-corrected chi connectivity index (χ4v) is 2.41. The molecule has 18 heavy (non-hydrogen) atoms. The Morgan fingerprint density at radius 3 is 2.78 bits per heavy atom. The first kappa shape index (κ1) is 13.3. The molecule has 0 spiro atoms. The summed E-state index contributed by atoms with van der Waals surface area (Å²) < 4.78 is 0. The topological polar surface area (TPSA) is 45.4 Å². The molecule has 0 amide bonds. The summed E-state index contributed by atoms with van der Waals surface area (Å²) in [6, 6.07) is 4.93. The minimum atomic E-state index is 0.0622. The van der Waals surface area contributed by atoms with Crippen molar-refractivity contribution < 1.29 is 0 Å². The van der Waals surface area contributed by atoms with Crippen molar-refractivity contribution in [3.63, 3.8) is 0 Å². The molecule has 4 heteroatoms. The van der Waals surface area contributed by atoms with E-state index in [2.05, 4.69) is 47.9 Å². The van der Waals surface area contributed by atoms with Crippen molar-refractivity contribution in [3.8, 4) is 0 Å². The van der Waals surface area contributed by atoms with Gasteiger partial charge in [0.15, 0.2) is 0 Å². The molecule has 1 aromatic rings.